The first-order chi connectivity index (χ1) is 9.77. The maximum absolute atomic E-state index is 13.7. The molecule has 2 rings (SSSR count). The topological polar surface area (TPSA) is 57.6 Å². The summed E-state index contributed by atoms with van der Waals surface area (Å²) in [6.07, 6.45) is 0.105. The molecule has 0 aliphatic carbocycles. The number of aliphatic hydroxyl groups is 1. The molecule has 1 aromatic rings. The first kappa shape index (κ1) is 16.3. The minimum atomic E-state index is -4.40. The van der Waals surface area contributed by atoms with Gasteiger partial charge in [0.2, 0.25) is 10.0 Å². The molecule has 1 aliphatic heterocycles. The summed E-state index contributed by atoms with van der Waals surface area (Å²) in [4.78, 5) is -1.14. The molecule has 2 unspecified atom stereocenters. The molecule has 1 aromatic carbocycles. The minimum absolute atomic E-state index is 0.0176. The fourth-order valence-electron chi connectivity index (χ4n) is 2.51. The second-order valence-corrected chi connectivity index (χ2v) is 6.96. The fraction of sp³-hybridized carbons (Fsp3) is 0.538. The van der Waals surface area contributed by atoms with Gasteiger partial charge in [-0.25, -0.2) is 21.6 Å². The molecular formula is C13H16F3NO3S. The second-order valence-electron chi connectivity index (χ2n) is 5.09. The molecule has 0 spiro atoms. The summed E-state index contributed by atoms with van der Waals surface area (Å²) in [6, 6.07) is 0.679. The van der Waals surface area contributed by atoms with E-state index in [1.807, 2.05) is 0 Å². The Labute approximate surface area is 121 Å². The molecule has 0 bridgehead atoms. The number of piperidine rings is 1. The average molecular weight is 323 g/mol. The molecule has 0 radical (unpaired) electrons. The Balaban J connectivity index is 2.39. The zero-order valence-electron chi connectivity index (χ0n) is 11.4. The van der Waals surface area contributed by atoms with E-state index >= 15 is 0 Å². The Morgan fingerprint density at radius 1 is 1.29 bits per heavy atom. The van der Waals surface area contributed by atoms with Crippen LogP contribution in [0.1, 0.15) is 19.8 Å². The highest BCUT2D eigenvalue weighted by molar-refractivity contribution is 7.89. The van der Waals surface area contributed by atoms with Crippen LogP contribution in [0.3, 0.4) is 0 Å². The van der Waals surface area contributed by atoms with Crippen LogP contribution in [0.5, 0.6) is 0 Å². The monoisotopic (exact) mass is 323 g/mol. The average Bonchev–Trinajstić information content (AvgIpc) is 2.37. The largest absolute Gasteiger partial charge is 0.393 e. The van der Waals surface area contributed by atoms with Crippen LogP contribution < -0.4 is 0 Å². The van der Waals surface area contributed by atoms with Crippen LogP contribution in [0.25, 0.3) is 0 Å². The number of nitrogens with zero attached hydrogens (tertiary/aromatic N) is 1. The van der Waals surface area contributed by atoms with E-state index in [1.54, 1.807) is 6.92 Å². The van der Waals surface area contributed by atoms with E-state index in [2.05, 4.69) is 0 Å². The molecule has 1 heterocycles. The van der Waals surface area contributed by atoms with Gasteiger partial charge in [-0.1, -0.05) is 6.92 Å². The number of rotatable bonds is 3. The SMILES string of the molecule is CCC1CN(S(=O)(=O)c2c(F)cc(F)cc2F)CCC1O. The molecule has 8 heteroatoms. The maximum atomic E-state index is 13.7. The summed E-state index contributed by atoms with van der Waals surface area (Å²) in [6.45, 7) is 1.75. The van der Waals surface area contributed by atoms with Gasteiger partial charge in [-0.05, 0) is 18.8 Å². The molecule has 1 fully saturated rings. The van der Waals surface area contributed by atoms with Gasteiger partial charge in [-0.2, -0.15) is 4.31 Å². The van der Waals surface area contributed by atoms with Crippen LogP contribution in [0.4, 0.5) is 13.2 Å². The van der Waals surface area contributed by atoms with Gasteiger partial charge in [0.05, 0.1) is 6.10 Å². The summed E-state index contributed by atoms with van der Waals surface area (Å²) in [5, 5.41) is 9.75. The van der Waals surface area contributed by atoms with E-state index in [9.17, 15) is 26.7 Å². The Bertz CT molecular complexity index is 613. The summed E-state index contributed by atoms with van der Waals surface area (Å²) in [5.74, 6) is -4.37. The molecule has 1 saturated heterocycles. The van der Waals surface area contributed by atoms with Crippen molar-refractivity contribution >= 4 is 10.0 Å². The number of sulfonamides is 1. The van der Waals surface area contributed by atoms with E-state index in [0.29, 0.717) is 18.6 Å². The summed E-state index contributed by atoms with van der Waals surface area (Å²) in [7, 11) is -4.40. The summed E-state index contributed by atoms with van der Waals surface area (Å²) >= 11 is 0. The molecule has 2 atom stereocenters. The Kier molecular flexibility index (Phi) is 4.60. The quantitative estimate of drug-likeness (QED) is 0.924. The van der Waals surface area contributed by atoms with Crippen LogP contribution in [-0.2, 0) is 10.0 Å². The molecule has 4 nitrogen and oxygen atoms in total. The lowest BCUT2D eigenvalue weighted by molar-refractivity contribution is 0.0519. The van der Waals surface area contributed by atoms with E-state index < -0.39 is 38.5 Å². The smallest absolute Gasteiger partial charge is 0.248 e. The molecule has 0 amide bonds. The highest BCUT2D eigenvalue weighted by Crippen LogP contribution is 2.28. The number of hydrogen-bond acceptors (Lipinski definition) is 3. The number of halogens is 3. The van der Waals surface area contributed by atoms with E-state index in [0.717, 1.165) is 4.31 Å². The lowest BCUT2D eigenvalue weighted by Gasteiger charge is -2.35. The molecule has 1 aliphatic rings. The number of benzene rings is 1. The van der Waals surface area contributed by atoms with E-state index in [-0.39, 0.29) is 25.4 Å². The predicted octanol–water partition coefficient (Wildman–Crippen LogP) is 1.89. The van der Waals surface area contributed by atoms with Gasteiger partial charge in [-0.3, -0.25) is 0 Å². The third-order valence-electron chi connectivity index (χ3n) is 3.74. The lowest BCUT2D eigenvalue weighted by Crippen LogP contribution is -2.46. The van der Waals surface area contributed by atoms with Crippen molar-refractivity contribution in [3.8, 4) is 0 Å². The van der Waals surface area contributed by atoms with Crippen molar-refractivity contribution in [2.75, 3.05) is 13.1 Å². The van der Waals surface area contributed by atoms with Crippen LogP contribution in [0.2, 0.25) is 0 Å². The Morgan fingerprint density at radius 3 is 2.38 bits per heavy atom. The van der Waals surface area contributed by atoms with Crippen LogP contribution in [-0.4, -0.2) is 37.0 Å². The predicted molar refractivity (Wildman–Crippen MR) is 69.5 cm³/mol. The Hall–Kier alpha value is -1.12. The zero-order valence-corrected chi connectivity index (χ0v) is 12.2. The van der Waals surface area contributed by atoms with E-state index in [4.69, 9.17) is 0 Å². The van der Waals surface area contributed by atoms with Crippen molar-refractivity contribution in [3.63, 3.8) is 0 Å². The molecule has 21 heavy (non-hydrogen) atoms. The molecule has 1 N–H and O–H groups in total. The Morgan fingerprint density at radius 2 is 1.86 bits per heavy atom. The highest BCUT2D eigenvalue weighted by atomic mass is 32.2. The standard InChI is InChI=1S/C13H16F3NO3S/c1-2-8-7-17(4-3-12(8)18)21(19,20)13-10(15)5-9(14)6-11(13)16/h5-6,8,12,18H,2-4,7H2,1H3. The van der Waals surface area contributed by atoms with Gasteiger partial charge >= 0.3 is 0 Å². The van der Waals surface area contributed by atoms with Crippen LogP contribution >= 0.6 is 0 Å². The maximum Gasteiger partial charge on any atom is 0.248 e. The first-order valence-electron chi connectivity index (χ1n) is 6.60. The van der Waals surface area contributed by atoms with Crippen LogP contribution in [0.15, 0.2) is 17.0 Å². The molecule has 0 aromatic heterocycles. The molecular weight excluding hydrogens is 307 g/mol. The van der Waals surface area contributed by atoms with Gasteiger partial charge in [0.25, 0.3) is 0 Å². The van der Waals surface area contributed by atoms with Crippen molar-refractivity contribution in [1.29, 1.82) is 0 Å². The third-order valence-corrected chi connectivity index (χ3v) is 5.66. The zero-order chi connectivity index (χ0) is 15.8. The summed E-state index contributed by atoms with van der Waals surface area (Å²) < 4.78 is 65.9. The van der Waals surface area contributed by atoms with Gasteiger partial charge in [-0.15, -0.1) is 0 Å². The lowest BCUT2D eigenvalue weighted by atomic mass is 9.94. The van der Waals surface area contributed by atoms with Gasteiger partial charge < -0.3 is 5.11 Å². The van der Waals surface area contributed by atoms with Gasteiger partial charge in [0, 0.05) is 25.2 Å². The second kappa shape index (κ2) is 5.94. The van der Waals surface area contributed by atoms with Crippen molar-refractivity contribution in [2.45, 2.75) is 30.8 Å². The number of aliphatic hydroxyl groups excluding tert-OH is 1. The van der Waals surface area contributed by atoms with Crippen LogP contribution in [0, 0.1) is 23.4 Å². The minimum Gasteiger partial charge on any atom is -0.393 e. The van der Waals surface area contributed by atoms with Crippen molar-refractivity contribution < 1.29 is 26.7 Å². The molecule has 0 saturated carbocycles. The number of hydrogen-bond donors (Lipinski definition) is 1. The van der Waals surface area contributed by atoms with E-state index in [1.165, 1.54) is 0 Å². The van der Waals surface area contributed by atoms with Gasteiger partial charge in [0.1, 0.15) is 17.5 Å². The first-order valence-corrected chi connectivity index (χ1v) is 8.04. The highest BCUT2D eigenvalue weighted by Gasteiger charge is 2.37. The van der Waals surface area contributed by atoms with Crippen molar-refractivity contribution in [3.05, 3.63) is 29.6 Å². The van der Waals surface area contributed by atoms with Crippen molar-refractivity contribution in [2.24, 2.45) is 5.92 Å². The van der Waals surface area contributed by atoms with Gasteiger partial charge in [0.15, 0.2) is 4.90 Å². The fourth-order valence-corrected chi connectivity index (χ4v) is 4.11. The summed E-state index contributed by atoms with van der Waals surface area (Å²) in [5.41, 5.74) is 0. The molecule has 118 valence electrons. The third kappa shape index (κ3) is 3.07. The normalized spacial score (nSPS) is 24.2. The van der Waals surface area contributed by atoms with Crippen molar-refractivity contribution in [1.82, 2.24) is 4.31 Å².